The number of halogens is 1. The minimum absolute atomic E-state index is 0.221. The van der Waals surface area contributed by atoms with Gasteiger partial charge in [-0.1, -0.05) is 35.9 Å². The molecule has 1 saturated heterocycles. The molecule has 0 spiro atoms. The van der Waals surface area contributed by atoms with Gasteiger partial charge in [0.2, 0.25) is 0 Å². The van der Waals surface area contributed by atoms with Crippen LogP contribution in [0, 0.1) is 17.8 Å². The van der Waals surface area contributed by atoms with E-state index in [2.05, 4.69) is 5.32 Å². The summed E-state index contributed by atoms with van der Waals surface area (Å²) in [6.07, 6.45) is 1.82. The molecule has 1 heterocycles. The molecule has 4 saturated carbocycles. The lowest BCUT2D eigenvalue weighted by Crippen LogP contribution is -2.59. The zero-order chi connectivity index (χ0) is 28.7. The van der Waals surface area contributed by atoms with E-state index in [0.29, 0.717) is 29.3 Å². The van der Waals surface area contributed by atoms with E-state index in [9.17, 15) is 25.5 Å². The Balaban J connectivity index is 1.02. The minimum Gasteiger partial charge on any atom is -0.491 e. The molecule has 2 aromatic carbocycles. The van der Waals surface area contributed by atoms with Gasteiger partial charge in [-0.25, -0.2) is 0 Å². The van der Waals surface area contributed by atoms with E-state index in [-0.39, 0.29) is 12.1 Å². The second-order valence-electron chi connectivity index (χ2n) is 13.0. The van der Waals surface area contributed by atoms with Gasteiger partial charge in [0.25, 0.3) is 0 Å². The number of nitrogens with one attached hydrogen (secondary N) is 1. The summed E-state index contributed by atoms with van der Waals surface area (Å²) in [5, 5.41) is 55.2. The molecule has 2 aromatic rings. The second-order valence-corrected chi connectivity index (χ2v) is 13.4. The highest BCUT2D eigenvalue weighted by molar-refractivity contribution is 6.31. The Hall–Kier alpha value is -1.75. The third-order valence-corrected chi connectivity index (χ3v) is 10.2. The molecule has 0 unspecified atom stereocenters. The Labute approximate surface area is 246 Å². The number of rotatable bonds is 10. The van der Waals surface area contributed by atoms with Crippen LogP contribution in [0.3, 0.4) is 0 Å². The number of aliphatic hydroxyl groups is 5. The molecule has 6 N–H and O–H groups in total. The fourth-order valence-electron chi connectivity index (χ4n) is 8.12. The quantitative estimate of drug-likeness (QED) is 0.250. The molecule has 224 valence electrons. The first-order valence-electron chi connectivity index (χ1n) is 15.0. The first-order chi connectivity index (χ1) is 19.7. The van der Waals surface area contributed by atoms with Crippen LogP contribution in [0.1, 0.15) is 61.3 Å². The summed E-state index contributed by atoms with van der Waals surface area (Å²) in [7, 11) is 0. The number of hydrogen-bond donors (Lipinski definition) is 6. The van der Waals surface area contributed by atoms with Gasteiger partial charge in [0.05, 0.1) is 6.61 Å². The summed E-state index contributed by atoms with van der Waals surface area (Å²) in [5.74, 6) is 3.28. The summed E-state index contributed by atoms with van der Waals surface area (Å²) < 4.78 is 11.6. The van der Waals surface area contributed by atoms with Crippen molar-refractivity contribution in [2.75, 3.05) is 19.8 Å². The van der Waals surface area contributed by atoms with Crippen LogP contribution in [-0.2, 0) is 11.2 Å². The molecule has 5 aliphatic rings. The Kier molecular flexibility index (Phi) is 8.65. The molecule has 5 fully saturated rings. The Morgan fingerprint density at radius 3 is 2.22 bits per heavy atom. The molecule has 6 atom stereocenters. The van der Waals surface area contributed by atoms with Crippen molar-refractivity contribution >= 4 is 11.6 Å². The Bertz CT molecular complexity index is 1160. The lowest BCUT2D eigenvalue weighted by Gasteiger charge is -2.57. The minimum atomic E-state index is -1.44. The van der Waals surface area contributed by atoms with Gasteiger partial charge >= 0.3 is 0 Å². The van der Waals surface area contributed by atoms with E-state index in [0.717, 1.165) is 28.9 Å². The maximum atomic E-state index is 10.6. The fraction of sp³-hybridized carbons (Fsp3) is 0.625. The number of aliphatic hydroxyl groups excluding tert-OH is 5. The van der Waals surface area contributed by atoms with E-state index >= 15 is 0 Å². The van der Waals surface area contributed by atoms with Gasteiger partial charge in [-0.05, 0) is 97.6 Å². The van der Waals surface area contributed by atoms with E-state index in [1.807, 2.05) is 30.3 Å². The standard InChI is InChI=1S/C32H42ClNO7/c33-26-6-3-22(31-30(39)29(38)28(37)27(16-35)41-31)11-23(26)10-18-1-4-25(5-2-18)40-17-24(36)15-34-32-12-19-7-20(13-32)9-21(8-19)14-32/h1-6,11,19-21,24,27-31,34-39H,7-10,12-17H2/t19?,20?,21?,24-,27-,28-,29+,30-,31+,32?/m1/s1. The average Bonchev–Trinajstić information content (AvgIpc) is 2.95. The number of hydrogen-bond acceptors (Lipinski definition) is 8. The average molecular weight is 588 g/mol. The normalized spacial score (nSPS) is 36.8. The maximum absolute atomic E-state index is 10.6. The molecule has 0 radical (unpaired) electrons. The third kappa shape index (κ3) is 6.31. The summed E-state index contributed by atoms with van der Waals surface area (Å²) in [6, 6.07) is 12.9. The van der Waals surface area contributed by atoms with Crippen molar-refractivity contribution in [1.82, 2.24) is 5.32 Å². The van der Waals surface area contributed by atoms with Crippen molar-refractivity contribution < 1.29 is 35.0 Å². The third-order valence-electron chi connectivity index (χ3n) is 9.80. The number of ether oxygens (including phenoxy) is 2. The second kappa shape index (κ2) is 12.1. The molecule has 1 aliphatic heterocycles. The van der Waals surface area contributed by atoms with Crippen LogP contribution in [0.4, 0.5) is 0 Å². The van der Waals surface area contributed by atoms with Crippen LogP contribution >= 0.6 is 11.6 Å². The SMILES string of the molecule is OC[C@H]1O[C@@H](c2ccc(Cl)c(Cc3ccc(OC[C@H](O)CNC45CC6CC(CC(C6)C4)C5)cc3)c2)[C@H](O)[C@@H](O)[C@@H]1O. The van der Waals surface area contributed by atoms with Gasteiger partial charge in [0.15, 0.2) is 0 Å². The molecule has 41 heavy (non-hydrogen) atoms. The van der Waals surface area contributed by atoms with Crippen LogP contribution in [-0.4, -0.2) is 81.3 Å². The van der Waals surface area contributed by atoms with Gasteiger partial charge in [0.1, 0.15) is 49.0 Å². The lowest BCUT2D eigenvalue weighted by atomic mass is 9.53. The topological polar surface area (TPSA) is 132 Å². The van der Waals surface area contributed by atoms with Gasteiger partial charge in [-0.2, -0.15) is 0 Å². The molecule has 8 nitrogen and oxygen atoms in total. The Morgan fingerprint density at radius 2 is 1.59 bits per heavy atom. The summed E-state index contributed by atoms with van der Waals surface area (Å²) in [4.78, 5) is 0. The Morgan fingerprint density at radius 1 is 0.927 bits per heavy atom. The van der Waals surface area contributed by atoms with Crippen molar-refractivity contribution in [3.05, 3.63) is 64.2 Å². The molecule has 0 amide bonds. The number of β-amino-alcohol motifs (C(OH)–C–C–N with tert-alkyl or cyclic N) is 1. The van der Waals surface area contributed by atoms with Gasteiger partial charge < -0.3 is 40.3 Å². The van der Waals surface area contributed by atoms with Crippen LogP contribution in [0.15, 0.2) is 42.5 Å². The predicted octanol–water partition coefficient (Wildman–Crippen LogP) is 2.74. The molecule has 4 aliphatic carbocycles. The summed E-state index contributed by atoms with van der Waals surface area (Å²) in [5.41, 5.74) is 2.62. The van der Waals surface area contributed by atoms with Crippen LogP contribution in [0.5, 0.6) is 5.75 Å². The highest BCUT2D eigenvalue weighted by Gasteiger charge is 2.50. The molecule has 7 rings (SSSR count). The fourth-order valence-corrected chi connectivity index (χ4v) is 8.30. The van der Waals surface area contributed by atoms with E-state index in [4.69, 9.17) is 21.1 Å². The smallest absolute Gasteiger partial charge is 0.119 e. The highest BCUT2D eigenvalue weighted by Crippen LogP contribution is 2.55. The van der Waals surface area contributed by atoms with E-state index in [1.165, 1.54) is 38.5 Å². The molecular weight excluding hydrogens is 546 g/mol. The van der Waals surface area contributed by atoms with E-state index in [1.54, 1.807) is 12.1 Å². The van der Waals surface area contributed by atoms with Crippen LogP contribution < -0.4 is 10.1 Å². The van der Waals surface area contributed by atoms with Crippen molar-refractivity contribution in [2.24, 2.45) is 17.8 Å². The van der Waals surface area contributed by atoms with Crippen molar-refractivity contribution in [2.45, 2.75) is 87.1 Å². The predicted molar refractivity (Wildman–Crippen MR) is 154 cm³/mol. The first kappa shape index (κ1) is 29.3. The zero-order valence-corrected chi connectivity index (χ0v) is 24.0. The molecular formula is C32H42ClNO7. The van der Waals surface area contributed by atoms with Crippen molar-refractivity contribution in [3.63, 3.8) is 0 Å². The molecule has 0 aromatic heterocycles. The summed E-state index contributed by atoms with van der Waals surface area (Å²) in [6.45, 7) is 0.297. The zero-order valence-electron chi connectivity index (χ0n) is 23.2. The van der Waals surface area contributed by atoms with Crippen LogP contribution in [0.2, 0.25) is 5.02 Å². The lowest BCUT2D eigenvalue weighted by molar-refractivity contribution is -0.231. The van der Waals surface area contributed by atoms with Gasteiger partial charge in [0, 0.05) is 17.1 Å². The van der Waals surface area contributed by atoms with Gasteiger partial charge in [-0.15, -0.1) is 0 Å². The highest BCUT2D eigenvalue weighted by atomic mass is 35.5. The maximum Gasteiger partial charge on any atom is 0.119 e. The van der Waals surface area contributed by atoms with E-state index < -0.39 is 43.2 Å². The van der Waals surface area contributed by atoms with Crippen molar-refractivity contribution in [3.8, 4) is 5.75 Å². The molecule has 4 bridgehead atoms. The monoisotopic (exact) mass is 587 g/mol. The van der Waals surface area contributed by atoms with Gasteiger partial charge in [-0.3, -0.25) is 0 Å². The first-order valence-corrected chi connectivity index (χ1v) is 15.3. The largest absolute Gasteiger partial charge is 0.491 e. The summed E-state index contributed by atoms with van der Waals surface area (Å²) >= 11 is 6.48. The van der Waals surface area contributed by atoms with Crippen molar-refractivity contribution in [1.29, 1.82) is 0 Å². The van der Waals surface area contributed by atoms with Crippen LogP contribution in [0.25, 0.3) is 0 Å². The molecule has 9 heteroatoms. The number of benzene rings is 2.